The van der Waals surface area contributed by atoms with E-state index in [1.807, 2.05) is 0 Å². The molecule has 4 heteroatoms. The summed E-state index contributed by atoms with van der Waals surface area (Å²) in [5, 5.41) is 12.1. The van der Waals surface area contributed by atoms with E-state index >= 15 is 0 Å². The highest BCUT2D eigenvalue weighted by Crippen LogP contribution is 2.69. The third-order valence-corrected chi connectivity index (χ3v) is 6.17. The van der Waals surface area contributed by atoms with Crippen molar-refractivity contribution in [2.75, 3.05) is 0 Å². The Bertz CT molecular complexity index is 419. The van der Waals surface area contributed by atoms with Crippen LogP contribution in [0.3, 0.4) is 0 Å². The van der Waals surface area contributed by atoms with Gasteiger partial charge in [0.05, 0.1) is 5.92 Å². The van der Waals surface area contributed by atoms with Crippen molar-refractivity contribution in [1.29, 1.82) is 0 Å². The summed E-state index contributed by atoms with van der Waals surface area (Å²) in [5.74, 6) is 2.53. The predicted octanol–water partition coefficient (Wildman–Crippen LogP) is 1.65. The van der Waals surface area contributed by atoms with Gasteiger partial charge in [0, 0.05) is 12.0 Å². The van der Waals surface area contributed by atoms with Gasteiger partial charge in [-0.15, -0.1) is 0 Å². The summed E-state index contributed by atoms with van der Waals surface area (Å²) in [6.45, 7) is 0. The fraction of sp³-hybridized carbons (Fsp3) is 0.867. The SMILES string of the molecule is O=C(N[C@H]1CC[C@@H](C(=O)O)C1)C1C2C3CCC(C3)C12. The van der Waals surface area contributed by atoms with Crippen LogP contribution in [0.5, 0.6) is 0 Å². The third kappa shape index (κ3) is 1.72. The molecular weight excluding hydrogens is 242 g/mol. The average molecular weight is 263 g/mol. The Hall–Kier alpha value is -1.06. The summed E-state index contributed by atoms with van der Waals surface area (Å²) in [4.78, 5) is 23.2. The minimum atomic E-state index is -0.710. The maximum atomic E-state index is 12.3. The number of carbonyl (C=O) groups is 2. The van der Waals surface area contributed by atoms with Crippen LogP contribution >= 0.6 is 0 Å². The van der Waals surface area contributed by atoms with Gasteiger partial charge in [0.25, 0.3) is 0 Å². The molecule has 4 nitrogen and oxygen atoms in total. The van der Waals surface area contributed by atoms with Crippen LogP contribution in [0, 0.1) is 35.5 Å². The second-order valence-electron chi connectivity index (χ2n) is 7.07. The second kappa shape index (κ2) is 3.97. The highest BCUT2D eigenvalue weighted by atomic mass is 16.4. The lowest BCUT2D eigenvalue weighted by molar-refractivity contribution is -0.141. The molecule has 0 aromatic heterocycles. The van der Waals surface area contributed by atoms with Crippen molar-refractivity contribution >= 4 is 11.9 Å². The summed E-state index contributed by atoms with van der Waals surface area (Å²) in [7, 11) is 0. The lowest BCUT2D eigenvalue weighted by Gasteiger charge is -2.14. The first-order valence-corrected chi connectivity index (χ1v) is 7.68. The number of aliphatic carboxylic acids is 1. The molecule has 104 valence electrons. The number of fused-ring (bicyclic) bond motifs is 5. The molecular formula is C15H21NO3. The molecule has 0 aromatic rings. The number of amides is 1. The van der Waals surface area contributed by atoms with E-state index in [1.165, 1.54) is 19.3 Å². The van der Waals surface area contributed by atoms with E-state index in [4.69, 9.17) is 5.11 Å². The molecule has 1 amide bonds. The smallest absolute Gasteiger partial charge is 0.306 e. The molecule has 4 unspecified atom stereocenters. The Morgan fingerprint density at radius 3 is 2.21 bits per heavy atom. The van der Waals surface area contributed by atoms with Gasteiger partial charge >= 0.3 is 5.97 Å². The summed E-state index contributed by atoms with van der Waals surface area (Å²) < 4.78 is 0. The zero-order chi connectivity index (χ0) is 13.1. The van der Waals surface area contributed by atoms with Crippen LogP contribution in [0.2, 0.25) is 0 Å². The van der Waals surface area contributed by atoms with Gasteiger partial charge in [0.15, 0.2) is 0 Å². The molecule has 4 fully saturated rings. The van der Waals surface area contributed by atoms with Crippen molar-refractivity contribution in [1.82, 2.24) is 5.32 Å². The van der Waals surface area contributed by atoms with Gasteiger partial charge in [-0.3, -0.25) is 9.59 Å². The van der Waals surface area contributed by atoms with Crippen LogP contribution in [-0.4, -0.2) is 23.0 Å². The van der Waals surface area contributed by atoms with Crippen LogP contribution < -0.4 is 5.32 Å². The number of hydrogen-bond acceptors (Lipinski definition) is 2. The standard InChI is InChI=1S/C15H21NO3/c17-14(16-10-4-3-9(6-10)15(18)19)13-11-7-1-2-8(5-7)12(11)13/h7-13H,1-6H2,(H,16,17)(H,18,19)/t7?,8?,9-,10+,11?,12?,13?/m1/s1. The highest BCUT2D eigenvalue weighted by molar-refractivity contribution is 5.83. The van der Waals surface area contributed by atoms with E-state index in [0.29, 0.717) is 24.7 Å². The molecule has 0 heterocycles. The van der Waals surface area contributed by atoms with Gasteiger partial charge < -0.3 is 10.4 Å². The van der Waals surface area contributed by atoms with Gasteiger partial charge in [-0.1, -0.05) is 0 Å². The molecule has 0 aliphatic heterocycles. The van der Waals surface area contributed by atoms with Gasteiger partial charge in [0.1, 0.15) is 0 Å². The molecule has 2 bridgehead atoms. The van der Waals surface area contributed by atoms with Gasteiger partial charge in [-0.25, -0.2) is 0 Å². The minimum absolute atomic E-state index is 0.104. The molecule has 4 aliphatic carbocycles. The maximum Gasteiger partial charge on any atom is 0.306 e. The third-order valence-electron chi connectivity index (χ3n) is 6.17. The Morgan fingerprint density at radius 2 is 1.63 bits per heavy atom. The fourth-order valence-electron chi connectivity index (χ4n) is 5.31. The second-order valence-corrected chi connectivity index (χ2v) is 7.07. The van der Waals surface area contributed by atoms with Crippen molar-refractivity contribution in [3.05, 3.63) is 0 Å². The normalized spacial score (nSPS) is 50.0. The maximum absolute atomic E-state index is 12.3. The van der Waals surface area contributed by atoms with E-state index in [1.54, 1.807) is 0 Å². The van der Waals surface area contributed by atoms with E-state index in [0.717, 1.165) is 18.3 Å². The Kier molecular flexibility index (Phi) is 2.45. The molecule has 6 atom stereocenters. The molecule has 0 aromatic carbocycles. The van der Waals surface area contributed by atoms with Crippen LogP contribution in [0.15, 0.2) is 0 Å². The quantitative estimate of drug-likeness (QED) is 0.813. The number of carbonyl (C=O) groups excluding carboxylic acids is 1. The van der Waals surface area contributed by atoms with Crippen LogP contribution in [0.25, 0.3) is 0 Å². The van der Waals surface area contributed by atoms with Crippen molar-refractivity contribution in [2.45, 2.75) is 44.6 Å². The van der Waals surface area contributed by atoms with E-state index in [-0.39, 0.29) is 23.8 Å². The minimum Gasteiger partial charge on any atom is -0.481 e. The number of nitrogens with one attached hydrogen (secondary N) is 1. The molecule has 0 saturated heterocycles. The average Bonchev–Trinajstić information content (AvgIpc) is 2.75. The van der Waals surface area contributed by atoms with Gasteiger partial charge in [0.2, 0.25) is 5.91 Å². The van der Waals surface area contributed by atoms with Gasteiger partial charge in [-0.2, -0.15) is 0 Å². The van der Waals surface area contributed by atoms with Gasteiger partial charge in [-0.05, 0) is 62.2 Å². The van der Waals surface area contributed by atoms with Crippen LogP contribution in [0.4, 0.5) is 0 Å². The van der Waals surface area contributed by atoms with Crippen molar-refractivity contribution in [3.63, 3.8) is 0 Å². The first kappa shape index (κ1) is 11.7. The zero-order valence-corrected chi connectivity index (χ0v) is 11.0. The monoisotopic (exact) mass is 263 g/mol. The molecule has 0 spiro atoms. The predicted molar refractivity (Wildman–Crippen MR) is 68.2 cm³/mol. The molecule has 19 heavy (non-hydrogen) atoms. The first-order valence-electron chi connectivity index (χ1n) is 7.68. The van der Waals surface area contributed by atoms with Crippen molar-refractivity contribution < 1.29 is 14.7 Å². The van der Waals surface area contributed by atoms with E-state index < -0.39 is 5.97 Å². The van der Waals surface area contributed by atoms with Crippen LogP contribution in [0.1, 0.15) is 38.5 Å². The molecule has 4 saturated carbocycles. The fourth-order valence-corrected chi connectivity index (χ4v) is 5.31. The number of carboxylic acid groups (broad SMARTS) is 1. The largest absolute Gasteiger partial charge is 0.481 e. The number of carboxylic acids is 1. The van der Waals surface area contributed by atoms with Crippen molar-refractivity contribution in [2.24, 2.45) is 35.5 Å². The van der Waals surface area contributed by atoms with E-state index in [2.05, 4.69) is 5.32 Å². The Morgan fingerprint density at radius 1 is 0.947 bits per heavy atom. The summed E-state index contributed by atoms with van der Waals surface area (Å²) in [6.07, 6.45) is 6.19. The van der Waals surface area contributed by atoms with Crippen LogP contribution in [-0.2, 0) is 9.59 Å². The lowest BCUT2D eigenvalue weighted by atomic mass is 10.0. The number of rotatable bonds is 3. The molecule has 0 radical (unpaired) electrons. The number of hydrogen-bond donors (Lipinski definition) is 2. The molecule has 2 N–H and O–H groups in total. The zero-order valence-electron chi connectivity index (χ0n) is 11.0. The summed E-state index contributed by atoms with van der Waals surface area (Å²) >= 11 is 0. The molecule has 4 rings (SSSR count). The molecule has 4 aliphatic rings. The lowest BCUT2D eigenvalue weighted by Crippen LogP contribution is -2.35. The topological polar surface area (TPSA) is 66.4 Å². The summed E-state index contributed by atoms with van der Waals surface area (Å²) in [5.41, 5.74) is 0. The Balaban J connectivity index is 1.33. The van der Waals surface area contributed by atoms with E-state index in [9.17, 15) is 9.59 Å². The van der Waals surface area contributed by atoms with Crippen molar-refractivity contribution in [3.8, 4) is 0 Å². The highest BCUT2D eigenvalue weighted by Gasteiger charge is 2.67. The first-order chi connectivity index (χ1) is 9.15. The Labute approximate surface area is 112 Å². The summed E-state index contributed by atoms with van der Waals surface area (Å²) in [6, 6.07) is 0.104.